The summed E-state index contributed by atoms with van der Waals surface area (Å²) in [6.07, 6.45) is 5.45. The van der Waals surface area contributed by atoms with Gasteiger partial charge in [0.25, 0.3) is 0 Å². The van der Waals surface area contributed by atoms with Gasteiger partial charge in [-0.1, -0.05) is 18.2 Å². The van der Waals surface area contributed by atoms with Crippen molar-refractivity contribution in [3.63, 3.8) is 0 Å². The van der Waals surface area contributed by atoms with E-state index >= 15 is 0 Å². The minimum Gasteiger partial charge on any atom is -0.383 e. The van der Waals surface area contributed by atoms with E-state index in [9.17, 15) is 8.42 Å². The highest BCUT2D eigenvalue weighted by Gasteiger charge is 2.09. The van der Waals surface area contributed by atoms with Gasteiger partial charge in [0.1, 0.15) is 5.75 Å². The highest BCUT2D eigenvalue weighted by Crippen LogP contribution is 2.29. The zero-order valence-corrected chi connectivity index (χ0v) is 9.25. The van der Waals surface area contributed by atoms with E-state index in [2.05, 4.69) is 6.08 Å². The number of hydrogen-bond donors (Lipinski definition) is 0. The quantitative estimate of drug-likeness (QED) is 0.739. The third-order valence-electron chi connectivity index (χ3n) is 2.28. The van der Waals surface area contributed by atoms with E-state index in [0.717, 1.165) is 24.7 Å². The van der Waals surface area contributed by atoms with Crippen LogP contribution in [0.1, 0.15) is 18.4 Å². The second-order valence-electron chi connectivity index (χ2n) is 3.58. The van der Waals surface area contributed by atoms with E-state index in [1.54, 1.807) is 12.1 Å². The molecule has 0 aromatic heterocycles. The van der Waals surface area contributed by atoms with Crippen molar-refractivity contribution in [3.8, 4) is 5.75 Å². The van der Waals surface area contributed by atoms with Crippen molar-refractivity contribution in [2.75, 3.05) is 6.26 Å². The summed E-state index contributed by atoms with van der Waals surface area (Å²) < 4.78 is 26.4. The number of allylic oxidation sites excluding steroid dienone is 2. The predicted octanol–water partition coefficient (Wildman–Crippen LogP) is 2.20. The van der Waals surface area contributed by atoms with E-state index in [1.165, 1.54) is 5.57 Å². The minimum absolute atomic E-state index is 0.362. The molecule has 0 unspecified atom stereocenters. The van der Waals surface area contributed by atoms with Gasteiger partial charge in [-0.05, 0) is 36.1 Å². The maximum absolute atomic E-state index is 10.9. The molecule has 0 heterocycles. The second-order valence-corrected chi connectivity index (χ2v) is 5.15. The molecule has 80 valence electrons. The Morgan fingerprint density at radius 2 is 1.80 bits per heavy atom. The van der Waals surface area contributed by atoms with Crippen LogP contribution in [0.2, 0.25) is 0 Å². The fraction of sp³-hybridized carbons (Fsp3) is 0.273. The maximum Gasteiger partial charge on any atom is 0.306 e. The molecule has 0 radical (unpaired) electrons. The van der Waals surface area contributed by atoms with Gasteiger partial charge in [0, 0.05) is 0 Å². The molecule has 0 saturated heterocycles. The largest absolute Gasteiger partial charge is 0.383 e. The van der Waals surface area contributed by atoms with Crippen molar-refractivity contribution in [3.05, 3.63) is 35.9 Å². The SMILES string of the molecule is CS(=O)(=O)Oc1ccc(C2=CCC2)cc1. The third-order valence-corrected chi connectivity index (χ3v) is 2.77. The summed E-state index contributed by atoms with van der Waals surface area (Å²) in [6.45, 7) is 0. The van der Waals surface area contributed by atoms with E-state index < -0.39 is 10.1 Å². The minimum atomic E-state index is -3.42. The van der Waals surface area contributed by atoms with Crippen LogP contribution in [0.25, 0.3) is 5.57 Å². The van der Waals surface area contributed by atoms with Crippen LogP contribution in [0.15, 0.2) is 30.3 Å². The van der Waals surface area contributed by atoms with Gasteiger partial charge in [-0.3, -0.25) is 0 Å². The van der Waals surface area contributed by atoms with Crippen molar-refractivity contribution in [1.82, 2.24) is 0 Å². The summed E-state index contributed by atoms with van der Waals surface area (Å²) in [5, 5.41) is 0. The fourth-order valence-corrected chi connectivity index (χ4v) is 1.91. The molecular formula is C11H12O3S. The molecule has 4 heteroatoms. The van der Waals surface area contributed by atoms with E-state index in [4.69, 9.17) is 4.18 Å². The zero-order chi connectivity index (χ0) is 10.9. The van der Waals surface area contributed by atoms with Crippen molar-refractivity contribution in [2.24, 2.45) is 0 Å². The van der Waals surface area contributed by atoms with Gasteiger partial charge >= 0.3 is 10.1 Å². The van der Waals surface area contributed by atoms with Gasteiger partial charge in [0.15, 0.2) is 0 Å². The van der Waals surface area contributed by atoms with E-state index in [0.29, 0.717) is 5.75 Å². The normalized spacial score (nSPS) is 15.4. The van der Waals surface area contributed by atoms with Crippen LogP contribution in [0, 0.1) is 0 Å². The Morgan fingerprint density at radius 1 is 1.20 bits per heavy atom. The molecule has 0 atom stereocenters. The average molecular weight is 224 g/mol. The Labute approximate surface area is 89.5 Å². The Balaban J connectivity index is 2.17. The molecule has 1 aromatic carbocycles. The molecule has 0 bridgehead atoms. The lowest BCUT2D eigenvalue weighted by atomic mass is 9.92. The van der Waals surface area contributed by atoms with Crippen molar-refractivity contribution in [2.45, 2.75) is 12.8 Å². The molecule has 1 aromatic rings. The van der Waals surface area contributed by atoms with Gasteiger partial charge in [-0.2, -0.15) is 8.42 Å². The van der Waals surface area contributed by atoms with Crippen LogP contribution in [0.4, 0.5) is 0 Å². The van der Waals surface area contributed by atoms with Gasteiger partial charge < -0.3 is 4.18 Å². The van der Waals surface area contributed by atoms with Crippen LogP contribution in [0.5, 0.6) is 5.75 Å². The summed E-state index contributed by atoms with van der Waals surface area (Å²) in [6, 6.07) is 7.11. The van der Waals surface area contributed by atoms with E-state index in [-0.39, 0.29) is 0 Å². The van der Waals surface area contributed by atoms with Crippen LogP contribution in [-0.2, 0) is 10.1 Å². The molecule has 0 aliphatic heterocycles. The van der Waals surface area contributed by atoms with Crippen molar-refractivity contribution in [1.29, 1.82) is 0 Å². The molecule has 0 spiro atoms. The standard InChI is InChI=1S/C11H12O3S/c1-15(12,13)14-11-7-5-10(6-8-11)9-3-2-4-9/h3,5-8H,2,4H2,1H3. The summed E-state index contributed by atoms with van der Waals surface area (Å²) >= 11 is 0. The summed E-state index contributed by atoms with van der Waals surface area (Å²) in [4.78, 5) is 0. The topological polar surface area (TPSA) is 43.4 Å². The molecule has 0 fully saturated rings. The molecule has 3 nitrogen and oxygen atoms in total. The van der Waals surface area contributed by atoms with Gasteiger partial charge in [0.2, 0.25) is 0 Å². The molecule has 1 aliphatic carbocycles. The highest BCUT2D eigenvalue weighted by molar-refractivity contribution is 7.86. The first-order chi connectivity index (χ1) is 7.04. The Morgan fingerprint density at radius 3 is 2.20 bits per heavy atom. The molecule has 15 heavy (non-hydrogen) atoms. The second kappa shape index (κ2) is 3.70. The molecule has 2 rings (SSSR count). The lowest BCUT2D eigenvalue weighted by Gasteiger charge is -2.14. The highest BCUT2D eigenvalue weighted by atomic mass is 32.2. The van der Waals surface area contributed by atoms with Gasteiger partial charge in [0.05, 0.1) is 6.26 Å². The Hall–Kier alpha value is -1.29. The molecule has 0 saturated carbocycles. The molecule has 0 amide bonds. The number of hydrogen-bond acceptors (Lipinski definition) is 3. The Kier molecular flexibility index (Phi) is 2.52. The molecule has 0 N–H and O–H groups in total. The average Bonchev–Trinajstić information content (AvgIpc) is 2.02. The summed E-state index contributed by atoms with van der Waals surface area (Å²) in [5.41, 5.74) is 2.46. The molecular weight excluding hydrogens is 212 g/mol. The lowest BCUT2D eigenvalue weighted by molar-refractivity contribution is 0.493. The smallest absolute Gasteiger partial charge is 0.306 e. The van der Waals surface area contributed by atoms with Crippen LogP contribution in [-0.4, -0.2) is 14.7 Å². The third kappa shape index (κ3) is 2.59. The first kappa shape index (κ1) is 10.2. The number of benzene rings is 1. The molecule has 1 aliphatic rings. The predicted molar refractivity (Wildman–Crippen MR) is 59.1 cm³/mol. The van der Waals surface area contributed by atoms with E-state index in [1.807, 2.05) is 12.1 Å². The monoisotopic (exact) mass is 224 g/mol. The fourth-order valence-electron chi connectivity index (χ4n) is 1.45. The zero-order valence-electron chi connectivity index (χ0n) is 8.43. The van der Waals surface area contributed by atoms with Crippen molar-refractivity contribution < 1.29 is 12.6 Å². The van der Waals surface area contributed by atoms with Crippen LogP contribution in [0.3, 0.4) is 0 Å². The lowest BCUT2D eigenvalue weighted by Crippen LogP contribution is -2.05. The first-order valence-corrected chi connectivity index (χ1v) is 6.55. The van der Waals surface area contributed by atoms with Crippen molar-refractivity contribution >= 4 is 15.7 Å². The van der Waals surface area contributed by atoms with Gasteiger partial charge in [-0.25, -0.2) is 0 Å². The first-order valence-electron chi connectivity index (χ1n) is 4.73. The van der Waals surface area contributed by atoms with Crippen LogP contribution < -0.4 is 4.18 Å². The van der Waals surface area contributed by atoms with Gasteiger partial charge in [-0.15, -0.1) is 0 Å². The summed E-state index contributed by atoms with van der Waals surface area (Å²) in [7, 11) is -3.42. The number of rotatable bonds is 3. The summed E-state index contributed by atoms with van der Waals surface area (Å²) in [5.74, 6) is 0.362. The Bertz CT molecular complexity index is 483. The van der Waals surface area contributed by atoms with Crippen LogP contribution >= 0.6 is 0 Å². The maximum atomic E-state index is 10.9.